The molecule has 0 fully saturated rings. The van der Waals surface area contributed by atoms with Crippen LogP contribution in [0.25, 0.3) is 11.4 Å². The van der Waals surface area contributed by atoms with Crippen molar-refractivity contribution in [3.8, 4) is 11.4 Å². The van der Waals surface area contributed by atoms with E-state index >= 15 is 0 Å². The SMILES string of the molecule is CCS(=O)(=O)c1ccccc1C(=O)Nc1cccc(-c2nnc3n2CCCCC3)c1. The fraction of sp³-hybridized carbons (Fsp3) is 0.318. The van der Waals surface area contributed by atoms with E-state index in [0.29, 0.717) is 5.69 Å². The molecule has 30 heavy (non-hydrogen) atoms. The number of hydrogen-bond donors (Lipinski definition) is 1. The lowest BCUT2D eigenvalue weighted by molar-refractivity contribution is 0.102. The van der Waals surface area contributed by atoms with Crippen LogP contribution in [-0.4, -0.2) is 34.8 Å². The smallest absolute Gasteiger partial charge is 0.256 e. The number of aromatic nitrogens is 3. The Morgan fingerprint density at radius 1 is 1.07 bits per heavy atom. The summed E-state index contributed by atoms with van der Waals surface area (Å²) < 4.78 is 26.9. The number of carbonyl (C=O) groups excluding carboxylic acids is 1. The predicted molar refractivity (Wildman–Crippen MR) is 115 cm³/mol. The Balaban J connectivity index is 1.63. The molecule has 156 valence electrons. The number of hydrogen-bond acceptors (Lipinski definition) is 5. The van der Waals surface area contributed by atoms with Gasteiger partial charge < -0.3 is 9.88 Å². The zero-order chi connectivity index (χ0) is 21.1. The minimum absolute atomic E-state index is 0.0453. The van der Waals surface area contributed by atoms with Crippen LogP contribution in [0.2, 0.25) is 0 Å². The average molecular weight is 425 g/mol. The van der Waals surface area contributed by atoms with E-state index in [1.165, 1.54) is 18.6 Å². The molecule has 2 aromatic carbocycles. The van der Waals surface area contributed by atoms with Crippen LogP contribution in [-0.2, 0) is 22.8 Å². The highest BCUT2D eigenvalue weighted by Gasteiger charge is 2.21. The molecule has 0 saturated heterocycles. The third kappa shape index (κ3) is 4.00. The molecule has 0 atom stereocenters. The standard InChI is InChI=1S/C22H24N4O3S/c1-2-30(28,29)19-12-6-5-11-18(19)22(27)23-17-10-8-9-16(15-17)21-25-24-20-13-4-3-7-14-26(20)21/h5-6,8-12,15H,2-4,7,13-14H2,1H3,(H,23,27). The van der Waals surface area contributed by atoms with E-state index in [4.69, 9.17) is 0 Å². The minimum Gasteiger partial charge on any atom is -0.322 e. The maximum absolute atomic E-state index is 12.9. The molecule has 1 aromatic heterocycles. The number of sulfone groups is 1. The number of nitrogens with zero attached hydrogens (tertiary/aromatic N) is 3. The van der Waals surface area contributed by atoms with Crippen molar-refractivity contribution in [2.75, 3.05) is 11.1 Å². The van der Waals surface area contributed by atoms with Crippen molar-refractivity contribution in [3.63, 3.8) is 0 Å². The van der Waals surface area contributed by atoms with Crippen molar-refractivity contribution in [3.05, 3.63) is 59.9 Å². The Morgan fingerprint density at radius 3 is 2.73 bits per heavy atom. The van der Waals surface area contributed by atoms with E-state index in [1.807, 2.05) is 18.2 Å². The Hall–Kier alpha value is -3.00. The van der Waals surface area contributed by atoms with Gasteiger partial charge in [0.2, 0.25) is 0 Å². The van der Waals surface area contributed by atoms with Gasteiger partial charge in [-0.05, 0) is 37.1 Å². The summed E-state index contributed by atoms with van der Waals surface area (Å²) in [5.74, 6) is 1.26. The molecule has 0 saturated carbocycles. The van der Waals surface area contributed by atoms with Crippen molar-refractivity contribution in [1.29, 1.82) is 0 Å². The van der Waals surface area contributed by atoms with Crippen molar-refractivity contribution in [2.45, 2.75) is 44.0 Å². The fourth-order valence-corrected chi connectivity index (χ4v) is 4.81. The van der Waals surface area contributed by atoms with Crippen LogP contribution in [0.4, 0.5) is 5.69 Å². The van der Waals surface area contributed by atoms with Gasteiger partial charge in [-0.25, -0.2) is 8.42 Å². The van der Waals surface area contributed by atoms with Gasteiger partial charge in [-0.3, -0.25) is 4.79 Å². The monoisotopic (exact) mass is 424 g/mol. The van der Waals surface area contributed by atoms with Crippen LogP contribution < -0.4 is 5.32 Å². The van der Waals surface area contributed by atoms with Crippen LogP contribution in [0.5, 0.6) is 0 Å². The molecule has 4 rings (SSSR count). The van der Waals surface area contributed by atoms with Crippen LogP contribution in [0, 0.1) is 0 Å². The fourth-order valence-electron chi connectivity index (χ4n) is 3.71. The number of rotatable bonds is 5. The molecule has 7 nitrogen and oxygen atoms in total. The lowest BCUT2D eigenvalue weighted by Crippen LogP contribution is -2.17. The Labute approximate surface area is 176 Å². The summed E-state index contributed by atoms with van der Waals surface area (Å²) in [5.41, 5.74) is 1.58. The zero-order valence-electron chi connectivity index (χ0n) is 16.8. The number of aryl methyl sites for hydroxylation is 1. The van der Waals surface area contributed by atoms with Gasteiger partial charge in [0, 0.05) is 24.2 Å². The van der Waals surface area contributed by atoms with Gasteiger partial charge in [-0.2, -0.15) is 0 Å². The van der Waals surface area contributed by atoms with Crippen LogP contribution in [0.15, 0.2) is 53.4 Å². The molecule has 8 heteroatoms. The third-order valence-corrected chi connectivity index (χ3v) is 7.12. The quantitative estimate of drug-likeness (QED) is 0.674. The summed E-state index contributed by atoms with van der Waals surface area (Å²) in [6, 6.07) is 13.7. The third-order valence-electron chi connectivity index (χ3n) is 5.33. The van der Waals surface area contributed by atoms with E-state index in [1.54, 1.807) is 25.1 Å². The van der Waals surface area contributed by atoms with E-state index in [9.17, 15) is 13.2 Å². The molecule has 0 spiro atoms. The van der Waals surface area contributed by atoms with Crippen molar-refractivity contribution < 1.29 is 13.2 Å². The number of nitrogens with one attached hydrogen (secondary N) is 1. The molecular formula is C22H24N4O3S. The lowest BCUT2D eigenvalue weighted by atomic mass is 10.1. The van der Waals surface area contributed by atoms with Crippen LogP contribution in [0.3, 0.4) is 0 Å². The second-order valence-corrected chi connectivity index (χ2v) is 9.58. The number of carbonyl (C=O) groups is 1. The highest BCUT2D eigenvalue weighted by Crippen LogP contribution is 2.26. The highest BCUT2D eigenvalue weighted by atomic mass is 32.2. The number of anilines is 1. The Bertz CT molecular complexity index is 1180. The first-order chi connectivity index (χ1) is 14.5. The van der Waals surface area contributed by atoms with Gasteiger partial charge in [0.05, 0.1) is 16.2 Å². The minimum atomic E-state index is -3.51. The first-order valence-corrected chi connectivity index (χ1v) is 11.8. The summed E-state index contributed by atoms with van der Waals surface area (Å²) in [5, 5.41) is 11.5. The van der Waals surface area contributed by atoms with Gasteiger partial charge in [0.1, 0.15) is 5.82 Å². The topological polar surface area (TPSA) is 93.9 Å². The summed E-state index contributed by atoms with van der Waals surface area (Å²) in [7, 11) is -3.51. The zero-order valence-corrected chi connectivity index (χ0v) is 17.7. The maximum atomic E-state index is 12.9. The second-order valence-electron chi connectivity index (χ2n) is 7.34. The maximum Gasteiger partial charge on any atom is 0.256 e. The molecule has 1 amide bonds. The molecule has 0 radical (unpaired) electrons. The Kier molecular flexibility index (Phi) is 5.67. The normalized spacial score (nSPS) is 14.0. The van der Waals surface area contributed by atoms with Gasteiger partial charge in [-0.15, -0.1) is 10.2 Å². The molecule has 2 heterocycles. The first-order valence-electron chi connectivity index (χ1n) is 10.2. The summed E-state index contributed by atoms with van der Waals surface area (Å²) in [4.78, 5) is 12.9. The molecule has 1 aliphatic rings. The molecular weight excluding hydrogens is 400 g/mol. The van der Waals surface area contributed by atoms with Crippen molar-refractivity contribution in [2.24, 2.45) is 0 Å². The molecule has 3 aromatic rings. The van der Waals surface area contributed by atoms with E-state index < -0.39 is 15.7 Å². The summed E-state index contributed by atoms with van der Waals surface area (Å²) >= 11 is 0. The predicted octanol–water partition coefficient (Wildman–Crippen LogP) is 3.72. The van der Waals surface area contributed by atoms with E-state index in [2.05, 4.69) is 20.1 Å². The molecule has 0 unspecified atom stereocenters. The first kappa shape index (κ1) is 20.3. The highest BCUT2D eigenvalue weighted by molar-refractivity contribution is 7.91. The van der Waals surface area contributed by atoms with Crippen LogP contribution in [0.1, 0.15) is 42.4 Å². The van der Waals surface area contributed by atoms with Gasteiger partial charge in [0.25, 0.3) is 5.91 Å². The van der Waals surface area contributed by atoms with Crippen molar-refractivity contribution >= 4 is 21.4 Å². The van der Waals surface area contributed by atoms with E-state index in [0.717, 1.165) is 43.0 Å². The lowest BCUT2D eigenvalue weighted by Gasteiger charge is -2.11. The van der Waals surface area contributed by atoms with Crippen LogP contribution >= 0.6 is 0 Å². The molecule has 0 aliphatic carbocycles. The van der Waals surface area contributed by atoms with Gasteiger partial charge in [0.15, 0.2) is 15.7 Å². The largest absolute Gasteiger partial charge is 0.322 e. The molecule has 1 N–H and O–H groups in total. The Morgan fingerprint density at radius 2 is 1.90 bits per heavy atom. The van der Waals surface area contributed by atoms with Gasteiger partial charge >= 0.3 is 0 Å². The number of amides is 1. The van der Waals surface area contributed by atoms with E-state index in [-0.39, 0.29) is 16.2 Å². The summed E-state index contributed by atoms with van der Waals surface area (Å²) in [6.07, 6.45) is 4.32. The number of benzene rings is 2. The van der Waals surface area contributed by atoms with Crippen molar-refractivity contribution in [1.82, 2.24) is 14.8 Å². The second kappa shape index (κ2) is 8.39. The molecule has 1 aliphatic heterocycles. The van der Waals surface area contributed by atoms with Gasteiger partial charge in [-0.1, -0.05) is 37.6 Å². The molecule has 0 bridgehead atoms. The number of fused-ring (bicyclic) bond motifs is 1. The average Bonchev–Trinajstić information content (AvgIpc) is 3.02. The summed E-state index contributed by atoms with van der Waals surface area (Å²) in [6.45, 7) is 2.45.